The predicted octanol–water partition coefficient (Wildman–Crippen LogP) is 3.69. The summed E-state index contributed by atoms with van der Waals surface area (Å²) >= 11 is 5.39. The molecule has 1 saturated heterocycles. The number of anilines is 2. The maximum atomic E-state index is 5.39. The molecule has 1 aliphatic heterocycles. The largest absolute Gasteiger partial charge is 0.360 e. The number of hydrogen-bond acceptors (Lipinski definition) is 3. The Balaban J connectivity index is 1.53. The fourth-order valence-electron chi connectivity index (χ4n) is 3.37. The van der Waals surface area contributed by atoms with E-state index in [0.717, 1.165) is 29.7 Å². The Morgan fingerprint density at radius 3 is 2.41 bits per heavy atom. The third-order valence-electron chi connectivity index (χ3n) is 4.63. The molecule has 2 heterocycles. The van der Waals surface area contributed by atoms with E-state index in [2.05, 4.69) is 32.7 Å². The average molecular weight is 318 g/mol. The number of thiocarbonyl (C=S) groups is 1. The molecule has 1 saturated carbocycles. The summed E-state index contributed by atoms with van der Waals surface area (Å²) < 4.78 is 0. The highest BCUT2D eigenvalue weighted by molar-refractivity contribution is 7.80. The lowest BCUT2D eigenvalue weighted by Crippen LogP contribution is -2.35. The van der Waals surface area contributed by atoms with E-state index in [1.54, 1.807) is 0 Å². The Morgan fingerprint density at radius 1 is 1.05 bits per heavy atom. The number of aromatic nitrogens is 1. The molecule has 2 N–H and O–H groups in total. The van der Waals surface area contributed by atoms with Crippen molar-refractivity contribution < 1.29 is 0 Å². The molecule has 0 aromatic carbocycles. The molecule has 4 nitrogen and oxygen atoms in total. The highest BCUT2D eigenvalue weighted by Crippen LogP contribution is 2.20. The highest BCUT2D eigenvalue weighted by atomic mass is 32.1. The van der Waals surface area contributed by atoms with Crippen LogP contribution in [0.1, 0.15) is 51.4 Å². The van der Waals surface area contributed by atoms with Gasteiger partial charge in [-0.25, -0.2) is 4.98 Å². The molecule has 1 aromatic rings. The second kappa shape index (κ2) is 7.77. The summed E-state index contributed by atoms with van der Waals surface area (Å²) in [5.41, 5.74) is 0.967. The molecule has 0 radical (unpaired) electrons. The topological polar surface area (TPSA) is 40.2 Å². The molecule has 1 aromatic heterocycles. The number of nitrogens with zero attached hydrogens (tertiary/aromatic N) is 2. The summed E-state index contributed by atoms with van der Waals surface area (Å²) in [6.45, 7) is 2.25. The fraction of sp³-hybridized carbons (Fsp3) is 0.647. The molecule has 3 rings (SSSR count). The molecular formula is C17H26N4S. The van der Waals surface area contributed by atoms with E-state index in [1.807, 2.05) is 6.20 Å². The van der Waals surface area contributed by atoms with Gasteiger partial charge in [-0.1, -0.05) is 25.7 Å². The smallest absolute Gasteiger partial charge is 0.171 e. The minimum absolute atomic E-state index is 0.546. The van der Waals surface area contributed by atoms with Crippen LogP contribution in [0.5, 0.6) is 0 Å². The summed E-state index contributed by atoms with van der Waals surface area (Å²) in [5, 5.41) is 7.37. The molecule has 2 aliphatic rings. The first-order valence-electron chi connectivity index (χ1n) is 8.60. The second-order valence-electron chi connectivity index (χ2n) is 6.39. The third-order valence-corrected chi connectivity index (χ3v) is 4.85. The van der Waals surface area contributed by atoms with Crippen LogP contribution in [0.25, 0.3) is 0 Å². The summed E-state index contributed by atoms with van der Waals surface area (Å²) in [4.78, 5) is 7.00. The van der Waals surface area contributed by atoms with Crippen molar-refractivity contribution in [2.75, 3.05) is 23.3 Å². The Morgan fingerprint density at radius 2 is 1.77 bits per heavy atom. The van der Waals surface area contributed by atoms with Crippen LogP contribution < -0.4 is 15.5 Å². The zero-order valence-corrected chi connectivity index (χ0v) is 14.0. The van der Waals surface area contributed by atoms with Crippen molar-refractivity contribution in [2.45, 2.75) is 57.4 Å². The van der Waals surface area contributed by atoms with E-state index in [4.69, 9.17) is 12.2 Å². The average Bonchev–Trinajstić information content (AvgIpc) is 2.87. The summed E-state index contributed by atoms with van der Waals surface area (Å²) in [6, 6.07) is 4.73. The first kappa shape index (κ1) is 15.5. The van der Waals surface area contributed by atoms with E-state index in [0.29, 0.717) is 6.04 Å². The minimum Gasteiger partial charge on any atom is -0.360 e. The first-order valence-corrected chi connectivity index (χ1v) is 9.00. The van der Waals surface area contributed by atoms with Gasteiger partial charge in [0.15, 0.2) is 5.11 Å². The van der Waals surface area contributed by atoms with Crippen molar-refractivity contribution in [1.29, 1.82) is 0 Å². The molecule has 0 atom stereocenters. The van der Waals surface area contributed by atoms with E-state index in [-0.39, 0.29) is 0 Å². The van der Waals surface area contributed by atoms with Crippen LogP contribution in [0.3, 0.4) is 0 Å². The Kier molecular flexibility index (Phi) is 5.48. The van der Waals surface area contributed by atoms with Gasteiger partial charge in [0.25, 0.3) is 0 Å². The van der Waals surface area contributed by atoms with Crippen LogP contribution in [-0.2, 0) is 0 Å². The van der Waals surface area contributed by atoms with Crippen LogP contribution in [0, 0.1) is 0 Å². The maximum absolute atomic E-state index is 5.39. The van der Waals surface area contributed by atoms with Crippen molar-refractivity contribution in [3.05, 3.63) is 18.3 Å². The van der Waals surface area contributed by atoms with Crippen molar-refractivity contribution in [1.82, 2.24) is 10.3 Å². The van der Waals surface area contributed by atoms with E-state index in [9.17, 15) is 0 Å². The molecule has 0 bridgehead atoms. The van der Waals surface area contributed by atoms with Gasteiger partial charge in [0.1, 0.15) is 5.82 Å². The molecular weight excluding hydrogens is 292 g/mol. The summed E-state index contributed by atoms with van der Waals surface area (Å²) in [5.74, 6) is 1.09. The van der Waals surface area contributed by atoms with E-state index in [1.165, 1.54) is 51.4 Å². The van der Waals surface area contributed by atoms with Gasteiger partial charge in [-0.3, -0.25) is 0 Å². The van der Waals surface area contributed by atoms with Gasteiger partial charge in [-0.05, 0) is 50.0 Å². The number of hydrogen-bond donors (Lipinski definition) is 2. The van der Waals surface area contributed by atoms with Crippen LogP contribution in [0.4, 0.5) is 11.5 Å². The Bertz CT molecular complexity index is 474. The number of nitrogens with one attached hydrogen (secondary N) is 2. The van der Waals surface area contributed by atoms with Gasteiger partial charge in [0, 0.05) is 19.1 Å². The minimum atomic E-state index is 0.546. The van der Waals surface area contributed by atoms with Gasteiger partial charge in [0.2, 0.25) is 0 Å². The molecule has 2 fully saturated rings. The van der Waals surface area contributed by atoms with E-state index >= 15 is 0 Å². The zero-order chi connectivity index (χ0) is 15.2. The molecule has 0 amide bonds. The quantitative estimate of drug-likeness (QED) is 0.832. The van der Waals surface area contributed by atoms with Gasteiger partial charge in [-0.15, -0.1) is 0 Å². The van der Waals surface area contributed by atoms with Gasteiger partial charge in [0.05, 0.1) is 11.9 Å². The van der Waals surface area contributed by atoms with Crippen molar-refractivity contribution in [2.24, 2.45) is 0 Å². The monoisotopic (exact) mass is 318 g/mol. The van der Waals surface area contributed by atoms with E-state index < -0.39 is 0 Å². The molecule has 0 spiro atoms. The van der Waals surface area contributed by atoms with Gasteiger partial charge < -0.3 is 15.5 Å². The maximum Gasteiger partial charge on any atom is 0.171 e. The standard InChI is InChI=1S/C17H26N4S/c22-17(19-14-7-3-4-8-14)20-15-9-10-16(18-13-15)21-11-5-1-2-6-12-21/h9-10,13-14H,1-8,11-12H2,(H2,19,20,22). The van der Waals surface area contributed by atoms with Crippen molar-refractivity contribution in [3.8, 4) is 0 Å². The van der Waals surface area contributed by atoms with Crippen molar-refractivity contribution >= 4 is 28.8 Å². The van der Waals surface area contributed by atoms with Crippen LogP contribution in [0.15, 0.2) is 18.3 Å². The molecule has 120 valence electrons. The molecule has 5 heteroatoms. The predicted molar refractivity (Wildman–Crippen MR) is 96.5 cm³/mol. The molecule has 1 aliphatic carbocycles. The summed E-state index contributed by atoms with van der Waals surface area (Å²) in [7, 11) is 0. The lowest BCUT2D eigenvalue weighted by Gasteiger charge is -2.21. The molecule has 22 heavy (non-hydrogen) atoms. The summed E-state index contributed by atoms with van der Waals surface area (Å²) in [6.07, 6.45) is 12.2. The normalized spacial score (nSPS) is 19.7. The number of pyridine rings is 1. The first-order chi connectivity index (χ1) is 10.8. The van der Waals surface area contributed by atoms with Crippen LogP contribution in [-0.4, -0.2) is 29.2 Å². The second-order valence-corrected chi connectivity index (χ2v) is 6.79. The lowest BCUT2D eigenvalue weighted by atomic mass is 10.2. The fourth-order valence-corrected chi connectivity index (χ4v) is 3.65. The lowest BCUT2D eigenvalue weighted by molar-refractivity contribution is 0.634. The zero-order valence-electron chi connectivity index (χ0n) is 13.2. The Hall–Kier alpha value is -1.36. The molecule has 0 unspecified atom stereocenters. The highest BCUT2D eigenvalue weighted by Gasteiger charge is 2.15. The van der Waals surface area contributed by atoms with Gasteiger partial charge in [-0.2, -0.15) is 0 Å². The van der Waals surface area contributed by atoms with Crippen molar-refractivity contribution in [3.63, 3.8) is 0 Å². The van der Waals surface area contributed by atoms with Crippen LogP contribution >= 0.6 is 12.2 Å². The SMILES string of the molecule is S=C(Nc1ccc(N2CCCCCC2)nc1)NC1CCCC1. The van der Waals surface area contributed by atoms with Crippen LogP contribution in [0.2, 0.25) is 0 Å². The number of rotatable bonds is 3. The third kappa shape index (κ3) is 4.32. The Labute approximate surface area is 138 Å². The van der Waals surface area contributed by atoms with Gasteiger partial charge >= 0.3 is 0 Å².